The summed E-state index contributed by atoms with van der Waals surface area (Å²) in [6.45, 7) is 4.07. The molecule has 1 aromatic rings. The van der Waals surface area contributed by atoms with E-state index in [9.17, 15) is 22.8 Å². The van der Waals surface area contributed by atoms with Crippen LogP contribution in [0.2, 0.25) is 0 Å². The Morgan fingerprint density at radius 3 is 2.61 bits per heavy atom. The predicted molar refractivity (Wildman–Crippen MR) is 106 cm³/mol. The van der Waals surface area contributed by atoms with Gasteiger partial charge in [-0.05, 0) is 26.7 Å². The summed E-state index contributed by atoms with van der Waals surface area (Å²) >= 11 is 0. The molecule has 0 saturated carbocycles. The van der Waals surface area contributed by atoms with E-state index < -0.39 is 30.4 Å². The molecule has 0 amide bonds. The fraction of sp³-hybridized carbons (Fsp3) is 0.750. The molecule has 2 fully saturated rings. The minimum Gasteiger partial charge on any atom is -0.381 e. The van der Waals surface area contributed by atoms with Crippen LogP contribution in [0.15, 0.2) is 10.9 Å². The van der Waals surface area contributed by atoms with Gasteiger partial charge < -0.3 is 19.3 Å². The van der Waals surface area contributed by atoms with E-state index in [2.05, 4.69) is 4.98 Å². The Morgan fingerprint density at radius 1 is 1.26 bits per heavy atom. The summed E-state index contributed by atoms with van der Waals surface area (Å²) in [6.07, 6.45) is -3.68. The SMILES string of the molecule is CC1COCCN1c1cc(=O)n2c(n1)N(CC(=O)C1CCOCC1)C(C)(C(F)(F)F)C2. The van der Waals surface area contributed by atoms with Crippen molar-refractivity contribution < 1.29 is 27.4 Å². The van der Waals surface area contributed by atoms with E-state index in [1.54, 1.807) is 0 Å². The molecule has 0 aliphatic carbocycles. The number of halogens is 3. The highest BCUT2D eigenvalue weighted by molar-refractivity contribution is 5.86. The zero-order valence-corrected chi connectivity index (χ0v) is 17.7. The second-order valence-electron chi connectivity index (χ2n) is 8.67. The molecule has 0 radical (unpaired) electrons. The van der Waals surface area contributed by atoms with Gasteiger partial charge in [0.25, 0.3) is 5.56 Å². The van der Waals surface area contributed by atoms with E-state index in [1.807, 2.05) is 11.8 Å². The van der Waals surface area contributed by atoms with E-state index in [-0.39, 0.29) is 23.7 Å². The van der Waals surface area contributed by atoms with Crippen LogP contribution in [-0.2, 0) is 20.8 Å². The molecule has 0 aromatic carbocycles. The maximum atomic E-state index is 14.2. The van der Waals surface area contributed by atoms with Crippen LogP contribution in [0.4, 0.5) is 24.9 Å². The standard InChI is InChI=1S/C20H27F3N4O4/c1-13-11-31-8-5-25(13)16-9-17(29)26-12-19(2,20(21,22)23)27(18(26)24-16)10-15(28)14-3-6-30-7-4-14/h9,13-14H,3-8,10-12H2,1-2H3. The normalized spacial score (nSPS) is 27.5. The summed E-state index contributed by atoms with van der Waals surface area (Å²) in [6, 6.07) is 1.20. The number of rotatable bonds is 4. The van der Waals surface area contributed by atoms with Gasteiger partial charge in [0.05, 0.1) is 32.3 Å². The van der Waals surface area contributed by atoms with Gasteiger partial charge in [0.2, 0.25) is 5.95 Å². The first kappa shape index (κ1) is 22.1. The molecule has 11 heteroatoms. The molecule has 4 heterocycles. The number of fused-ring (bicyclic) bond motifs is 1. The number of ketones is 1. The highest BCUT2D eigenvalue weighted by atomic mass is 19.4. The lowest BCUT2D eigenvalue weighted by Crippen LogP contribution is -2.57. The van der Waals surface area contributed by atoms with Gasteiger partial charge >= 0.3 is 6.18 Å². The number of hydrogen-bond acceptors (Lipinski definition) is 7. The minimum atomic E-state index is -4.66. The molecule has 31 heavy (non-hydrogen) atoms. The Labute approximate surface area is 177 Å². The van der Waals surface area contributed by atoms with Gasteiger partial charge in [-0.2, -0.15) is 18.2 Å². The monoisotopic (exact) mass is 444 g/mol. The molecule has 2 unspecified atom stereocenters. The van der Waals surface area contributed by atoms with E-state index in [0.717, 1.165) is 16.4 Å². The third-order valence-corrected chi connectivity index (χ3v) is 6.54. The summed E-state index contributed by atoms with van der Waals surface area (Å²) in [5.74, 6) is -0.440. The number of aromatic nitrogens is 2. The zero-order chi connectivity index (χ0) is 22.4. The lowest BCUT2D eigenvalue weighted by atomic mass is 9.93. The van der Waals surface area contributed by atoms with Crippen molar-refractivity contribution in [3.63, 3.8) is 0 Å². The topological polar surface area (TPSA) is 76.9 Å². The van der Waals surface area contributed by atoms with Gasteiger partial charge in [0.15, 0.2) is 11.3 Å². The van der Waals surface area contributed by atoms with Gasteiger partial charge in [-0.15, -0.1) is 0 Å². The van der Waals surface area contributed by atoms with Crippen molar-refractivity contribution in [2.24, 2.45) is 5.92 Å². The molecule has 4 rings (SSSR count). The zero-order valence-electron chi connectivity index (χ0n) is 17.7. The largest absolute Gasteiger partial charge is 0.413 e. The quantitative estimate of drug-likeness (QED) is 0.698. The summed E-state index contributed by atoms with van der Waals surface area (Å²) in [7, 11) is 0. The summed E-state index contributed by atoms with van der Waals surface area (Å²) in [4.78, 5) is 33.0. The van der Waals surface area contributed by atoms with Crippen LogP contribution < -0.4 is 15.4 Å². The molecule has 172 valence electrons. The first-order valence-corrected chi connectivity index (χ1v) is 10.5. The number of nitrogens with zero attached hydrogens (tertiary/aromatic N) is 4. The van der Waals surface area contributed by atoms with Crippen LogP contribution in [0.3, 0.4) is 0 Å². The number of ether oxygens (including phenoxy) is 2. The van der Waals surface area contributed by atoms with Gasteiger partial charge in [0, 0.05) is 31.7 Å². The highest BCUT2D eigenvalue weighted by Gasteiger charge is 2.60. The van der Waals surface area contributed by atoms with Crippen LogP contribution in [0, 0.1) is 5.92 Å². The summed E-state index contributed by atoms with van der Waals surface area (Å²) < 4.78 is 54.2. The van der Waals surface area contributed by atoms with Crippen LogP contribution >= 0.6 is 0 Å². The molecular formula is C20H27F3N4O4. The first-order valence-electron chi connectivity index (χ1n) is 10.5. The minimum absolute atomic E-state index is 0.0728. The molecular weight excluding hydrogens is 417 g/mol. The molecule has 3 aliphatic heterocycles. The van der Waals surface area contributed by atoms with Crippen molar-refractivity contribution in [1.29, 1.82) is 0 Å². The molecule has 0 bridgehead atoms. The Kier molecular flexibility index (Phi) is 5.76. The Balaban J connectivity index is 1.72. The predicted octanol–water partition coefficient (Wildman–Crippen LogP) is 1.61. The second kappa shape index (κ2) is 8.09. The maximum absolute atomic E-state index is 14.2. The van der Waals surface area contributed by atoms with Crippen LogP contribution in [0.1, 0.15) is 26.7 Å². The molecule has 3 aliphatic rings. The van der Waals surface area contributed by atoms with Gasteiger partial charge in [-0.1, -0.05) is 0 Å². The first-order chi connectivity index (χ1) is 14.6. The second-order valence-corrected chi connectivity index (χ2v) is 8.67. The van der Waals surface area contributed by atoms with Crippen LogP contribution in [0.25, 0.3) is 0 Å². The summed E-state index contributed by atoms with van der Waals surface area (Å²) in [5.41, 5.74) is -2.96. The van der Waals surface area contributed by atoms with E-state index in [1.165, 1.54) is 6.07 Å². The Hall–Kier alpha value is -2.14. The van der Waals surface area contributed by atoms with Gasteiger partial charge in [0.1, 0.15) is 5.82 Å². The molecule has 0 N–H and O–H groups in total. The van der Waals surface area contributed by atoms with Gasteiger partial charge in [-0.25, -0.2) is 0 Å². The number of carbonyl (C=O) groups is 1. The fourth-order valence-corrected chi connectivity index (χ4v) is 4.46. The lowest BCUT2D eigenvalue weighted by Gasteiger charge is -2.37. The lowest BCUT2D eigenvalue weighted by molar-refractivity contribution is -0.182. The number of Topliss-reactive ketones (excluding diaryl/α,β-unsaturated/α-hetero) is 1. The number of carbonyl (C=O) groups excluding carboxylic acids is 1. The van der Waals surface area contributed by atoms with Crippen molar-refractivity contribution in [2.75, 3.05) is 49.3 Å². The number of morpholine rings is 1. The average Bonchev–Trinajstić information content (AvgIpc) is 3.02. The fourth-order valence-electron chi connectivity index (χ4n) is 4.46. The third-order valence-electron chi connectivity index (χ3n) is 6.54. The van der Waals surface area contributed by atoms with E-state index >= 15 is 0 Å². The Bertz CT molecular complexity index is 899. The average molecular weight is 444 g/mol. The van der Waals surface area contributed by atoms with Crippen molar-refractivity contribution >= 4 is 17.5 Å². The number of alkyl halides is 3. The smallest absolute Gasteiger partial charge is 0.381 e. The third kappa shape index (κ3) is 3.93. The molecule has 2 atom stereocenters. The molecule has 8 nitrogen and oxygen atoms in total. The van der Waals surface area contributed by atoms with Crippen LogP contribution in [0.5, 0.6) is 0 Å². The molecule has 0 spiro atoms. The van der Waals surface area contributed by atoms with E-state index in [4.69, 9.17) is 9.47 Å². The molecule has 2 saturated heterocycles. The van der Waals surface area contributed by atoms with Crippen molar-refractivity contribution in [2.45, 2.75) is 51.0 Å². The van der Waals surface area contributed by atoms with E-state index in [0.29, 0.717) is 51.6 Å². The van der Waals surface area contributed by atoms with Crippen molar-refractivity contribution in [1.82, 2.24) is 9.55 Å². The number of anilines is 2. The summed E-state index contributed by atoms with van der Waals surface area (Å²) in [5, 5.41) is 0. The van der Waals surface area contributed by atoms with Crippen molar-refractivity contribution in [3.8, 4) is 0 Å². The maximum Gasteiger partial charge on any atom is 0.413 e. The van der Waals surface area contributed by atoms with Gasteiger partial charge in [-0.3, -0.25) is 14.2 Å². The molecule has 1 aromatic heterocycles. The van der Waals surface area contributed by atoms with Crippen molar-refractivity contribution in [3.05, 3.63) is 16.4 Å². The Morgan fingerprint density at radius 2 is 1.97 bits per heavy atom. The highest BCUT2D eigenvalue weighted by Crippen LogP contribution is 2.43. The number of hydrogen-bond donors (Lipinski definition) is 0. The van der Waals surface area contributed by atoms with Crippen LogP contribution in [-0.4, -0.2) is 72.6 Å².